The lowest BCUT2D eigenvalue weighted by Crippen LogP contribution is -2.27. The third-order valence-electron chi connectivity index (χ3n) is 15.1. The van der Waals surface area contributed by atoms with Crippen LogP contribution in [-0.4, -0.2) is 101 Å². The van der Waals surface area contributed by atoms with Gasteiger partial charge >= 0.3 is 11.9 Å². The van der Waals surface area contributed by atoms with E-state index in [0.29, 0.717) is 23.7 Å². The molecule has 6 aromatic heterocycles. The van der Waals surface area contributed by atoms with Crippen molar-refractivity contribution >= 4 is 73.8 Å². The molecule has 4 aromatic carbocycles. The van der Waals surface area contributed by atoms with Crippen LogP contribution in [0.15, 0.2) is 122 Å². The minimum absolute atomic E-state index is 0. The zero-order chi connectivity index (χ0) is 50.2. The Morgan fingerprint density at radius 3 is 1.51 bits per heavy atom. The van der Waals surface area contributed by atoms with Crippen LogP contribution >= 0.6 is 12.4 Å². The van der Waals surface area contributed by atoms with Gasteiger partial charge in [-0.3, -0.25) is 19.0 Å². The van der Waals surface area contributed by atoms with Gasteiger partial charge in [0.1, 0.15) is 17.2 Å². The number of esters is 2. The van der Waals surface area contributed by atoms with Crippen molar-refractivity contribution in [2.75, 3.05) is 45.3 Å². The van der Waals surface area contributed by atoms with Gasteiger partial charge in [0, 0.05) is 72.3 Å². The number of aromatic nitrogens is 10. The SMILES string of the molecule is COC(=O)C1C2CN(c3ccc(-n4nc(-c5cccc6nn(C)cc56)c5cccc(C)c54)cn3)CC21.COC(=O)C1C2CNCC21.Cc1cccc2c(-c3cccc4nn(C)cc34)nn(-c3ccc(F)nc3)c12.Cl. The molecule has 4 fully saturated rings. The molecule has 4 unspecified atom stereocenters. The molecule has 376 valence electrons. The van der Waals surface area contributed by atoms with Crippen molar-refractivity contribution in [3.63, 3.8) is 0 Å². The van der Waals surface area contributed by atoms with Gasteiger partial charge in [0.05, 0.1) is 71.9 Å². The summed E-state index contributed by atoms with van der Waals surface area (Å²) >= 11 is 0. The number of halogens is 2. The molecule has 10 aromatic rings. The molecule has 16 nitrogen and oxygen atoms in total. The maximum atomic E-state index is 13.3. The molecule has 4 atom stereocenters. The molecule has 8 heterocycles. The van der Waals surface area contributed by atoms with E-state index >= 15 is 0 Å². The maximum Gasteiger partial charge on any atom is 0.309 e. The first-order valence-electron chi connectivity index (χ1n) is 24.5. The fourth-order valence-corrected chi connectivity index (χ4v) is 11.5. The second kappa shape index (κ2) is 19.1. The highest BCUT2D eigenvalue weighted by Gasteiger charge is 2.60. The standard InChI is InChI=1S/C28H26N6O2.C21H16FN5.C7H11NO2.ClH/c1-16-6-4-8-19-26(18-7-5-9-23-20(18)13-32(2)30-23)31-34(27(16)19)17-10-11-24(29-12-17)33-14-21-22(15-33)25(21)28(35)36-3;1-13-5-3-7-16-20(15-6-4-8-18-17(15)12-26(2)24-18)25-27(21(13)16)14-9-10-19(22)23-11-14;1-10-7(9)6-4-2-8-3-5(4)6;/h4-13,21-22,25H,14-15H2,1-3H3;3-12H,1-2H3;4-6,8H,2-3H2,1H3;1H. The molecule has 0 bridgehead atoms. The summed E-state index contributed by atoms with van der Waals surface area (Å²) in [6, 6.07) is 31.9. The van der Waals surface area contributed by atoms with E-state index in [4.69, 9.17) is 19.9 Å². The Labute approximate surface area is 431 Å². The fraction of sp³-hybridized carbons (Fsp3) is 0.286. The highest BCUT2D eigenvalue weighted by molar-refractivity contribution is 6.05. The van der Waals surface area contributed by atoms with Crippen molar-refractivity contribution in [3.8, 4) is 33.9 Å². The third kappa shape index (κ3) is 8.38. The van der Waals surface area contributed by atoms with Gasteiger partial charge in [0.15, 0.2) is 0 Å². The van der Waals surface area contributed by atoms with Crippen LogP contribution < -0.4 is 10.2 Å². The van der Waals surface area contributed by atoms with Crippen LogP contribution in [0.4, 0.5) is 10.2 Å². The zero-order valence-corrected chi connectivity index (χ0v) is 42.5. The van der Waals surface area contributed by atoms with E-state index in [1.54, 1.807) is 6.07 Å². The number of ether oxygens (including phenoxy) is 2. The Hall–Kier alpha value is -8.02. The number of methoxy groups -OCH3 is 2. The number of hydrogen-bond acceptors (Lipinski definition) is 12. The van der Waals surface area contributed by atoms with E-state index in [1.807, 2.05) is 94.7 Å². The largest absolute Gasteiger partial charge is 0.469 e. The number of anilines is 1. The molecule has 18 heteroatoms. The van der Waals surface area contributed by atoms with E-state index < -0.39 is 5.95 Å². The number of fused-ring (bicyclic) bond motifs is 6. The summed E-state index contributed by atoms with van der Waals surface area (Å²) in [4.78, 5) is 33.7. The summed E-state index contributed by atoms with van der Waals surface area (Å²) in [5.74, 6) is 2.57. The van der Waals surface area contributed by atoms with E-state index in [0.717, 1.165) is 121 Å². The molecule has 14 rings (SSSR count). The van der Waals surface area contributed by atoms with Gasteiger partial charge < -0.3 is 19.7 Å². The highest BCUT2D eigenvalue weighted by Crippen LogP contribution is 2.53. The Morgan fingerprint density at radius 2 is 1.05 bits per heavy atom. The second-order valence-corrected chi connectivity index (χ2v) is 19.6. The monoisotopic (exact) mass is 1010 g/mol. The van der Waals surface area contributed by atoms with Crippen LogP contribution in [0.5, 0.6) is 0 Å². The number of aryl methyl sites for hydroxylation is 4. The topological polar surface area (TPSA) is 165 Å². The van der Waals surface area contributed by atoms with E-state index in [-0.39, 0.29) is 36.2 Å². The highest BCUT2D eigenvalue weighted by atomic mass is 35.5. The number of hydrogen-bond donors (Lipinski definition) is 1. The van der Waals surface area contributed by atoms with Crippen LogP contribution in [0, 0.1) is 55.3 Å². The first-order chi connectivity index (χ1) is 35.5. The Balaban J connectivity index is 0.000000136. The second-order valence-electron chi connectivity index (χ2n) is 19.6. The first kappa shape index (κ1) is 48.3. The molecule has 2 saturated heterocycles. The van der Waals surface area contributed by atoms with Gasteiger partial charge in [-0.05, 0) is 98.1 Å². The van der Waals surface area contributed by atoms with E-state index in [2.05, 4.69) is 85.6 Å². The van der Waals surface area contributed by atoms with Crippen molar-refractivity contribution in [1.29, 1.82) is 0 Å². The van der Waals surface area contributed by atoms with Crippen LogP contribution in [-0.2, 0) is 33.2 Å². The lowest BCUT2D eigenvalue weighted by molar-refractivity contribution is -0.143. The van der Waals surface area contributed by atoms with Crippen LogP contribution in [0.25, 0.3) is 77.5 Å². The summed E-state index contributed by atoms with van der Waals surface area (Å²) < 4.78 is 30.4. The summed E-state index contributed by atoms with van der Waals surface area (Å²) in [7, 11) is 6.79. The Kier molecular flexibility index (Phi) is 12.5. The average molecular weight is 1010 g/mol. The molecule has 0 amide bonds. The van der Waals surface area contributed by atoms with Gasteiger partial charge in [0.25, 0.3) is 0 Å². The van der Waals surface area contributed by atoms with Crippen LogP contribution in [0.2, 0.25) is 0 Å². The number of piperidine rings is 2. The molecule has 4 aliphatic rings. The molecule has 2 saturated carbocycles. The predicted molar refractivity (Wildman–Crippen MR) is 284 cm³/mol. The first-order valence-corrected chi connectivity index (χ1v) is 24.5. The number of benzene rings is 4. The van der Waals surface area contributed by atoms with E-state index in [9.17, 15) is 14.0 Å². The lowest BCUT2D eigenvalue weighted by atomic mass is 10.0. The number of nitrogens with zero attached hydrogens (tertiary/aromatic N) is 11. The minimum Gasteiger partial charge on any atom is -0.469 e. The average Bonchev–Trinajstić information content (AvgIpc) is 3.87. The number of carbonyl (C=O) groups excluding carboxylic acids is 2. The number of rotatable bonds is 7. The minimum atomic E-state index is -0.507. The number of carbonyl (C=O) groups is 2. The van der Waals surface area contributed by atoms with Gasteiger partial charge in [-0.15, -0.1) is 12.4 Å². The van der Waals surface area contributed by atoms with Crippen molar-refractivity contribution in [2.24, 2.45) is 49.6 Å². The summed E-state index contributed by atoms with van der Waals surface area (Å²) in [5, 5.41) is 26.6. The molecular formula is C56H54ClFN12O4. The Bertz CT molecular complexity index is 3750. The maximum absolute atomic E-state index is 13.3. The molecule has 0 radical (unpaired) electrons. The number of pyridine rings is 2. The molecule has 74 heavy (non-hydrogen) atoms. The summed E-state index contributed by atoms with van der Waals surface area (Å²) in [6.07, 6.45) is 7.45. The predicted octanol–water partition coefficient (Wildman–Crippen LogP) is 8.61. The smallest absolute Gasteiger partial charge is 0.309 e. The van der Waals surface area contributed by atoms with Crippen LogP contribution in [0.3, 0.4) is 0 Å². The van der Waals surface area contributed by atoms with E-state index in [1.165, 1.54) is 26.5 Å². The van der Waals surface area contributed by atoms with Gasteiger partial charge in [0.2, 0.25) is 5.95 Å². The molecular weight excluding hydrogens is 959 g/mol. The molecule has 2 aliphatic carbocycles. The quantitative estimate of drug-likeness (QED) is 0.120. The third-order valence-corrected chi connectivity index (χ3v) is 15.1. The zero-order valence-electron chi connectivity index (χ0n) is 41.7. The molecule has 2 aliphatic heterocycles. The Morgan fingerprint density at radius 1 is 0.581 bits per heavy atom. The van der Waals surface area contributed by atoms with Gasteiger partial charge in [-0.1, -0.05) is 60.7 Å². The fourth-order valence-electron chi connectivity index (χ4n) is 11.5. The lowest BCUT2D eigenvalue weighted by Gasteiger charge is -2.20. The van der Waals surface area contributed by atoms with Crippen molar-refractivity contribution < 1.29 is 23.5 Å². The van der Waals surface area contributed by atoms with Crippen molar-refractivity contribution in [2.45, 2.75) is 13.8 Å². The molecule has 0 spiro atoms. The van der Waals surface area contributed by atoms with Gasteiger partial charge in [-0.2, -0.15) is 24.8 Å². The number of para-hydroxylation sites is 2. The molecule has 1 N–H and O–H groups in total. The summed E-state index contributed by atoms with van der Waals surface area (Å²) in [5.41, 5.74) is 11.7. The van der Waals surface area contributed by atoms with Crippen molar-refractivity contribution in [1.82, 2.24) is 54.4 Å². The normalized spacial score (nSPS) is 20.1. The van der Waals surface area contributed by atoms with Gasteiger partial charge in [-0.25, -0.2) is 19.3 Å². The van der Waals surface area contributed by atoms with Crippen molar-refractivity contribution in [3.05, 3.63) is 139 Å². The van der Waals surface area contributed by atoms with Crippen LogP contribution in [0.1, 0.15) is 11.1 Å². The summed E-state index contributed by atoms with van der Waals surface area (Å²) in [6.45, 7) is 7.87. The number of nitrogens with one attached hydrogen (secondary N) is 1.